The van der Waals surface area contributed by atoms with Crippen LogP contribution in [0, 0.1) is 6.92 Å². The van der Waals surface area contributed by atoms with Gasteiger partial charge in [0.25, 0.3) is 0 Å². The number of imidazole rings is 1. The minimum Gasteiger partial charge on any atom is -0.493 e. The van der Waals surface area contributed by atoms with Crippen molar-refractivity contribution >= 4 is 23.2 Å². The van der Waals surface area contributed by atoms with Gasteiger partial charge in [0.1, 0.15) is 12.4 Å². The summed E-state index contributed by atoms with van der Waals surface area (Å²) >= 11 is 0. The van der Waals surface area contributed by atoms with Crippen molar-refractivity contribution in [2.75, 3.05) is 31.3 Å². The first-order valence-corrected chi connectivity index (χ1v) is 13.5. The molecular formula is C30H25F6N7O3. The second-order valence-corrected chi connectivity index (χ2v) is 9.86. The zero-order chi connectivity index (χ0) is 33.2. The van der Waals surface area contributed by atoms with Gasteiger partial charge in [-0.25, -0.2) is 19.3 Å². The van der Waals surface area contributed by atoms with Gasteiger partial charge in [0.2, 0.25) is 0 Å². The number of benzene rings is 2. The number of aryl methyl sites for hydroxylation is 1. The third-order valence-corrected chi connectivity index (χ3v) is 6.70. The minimum absolute atomic E-state index is 0.00311. The second-order valence-electron chi connectivity index (χ2n) is 9.86. The molecule has 2 amide bonds. The van der Waals surface area contributed by atoms with Crippen molar-refractivity contribution < 1.29 is 40.6 Å². The second kappa shape index (κ2) is 12.5. The Kier molecular flexibility index (Phi) is 8.63. The molecule has 0 fully saturated rings. The fraction of sp³-hybridized carbons (Fsp3) is 0.200. The summed E-state index contributed by atoms with van der Waals surface area (Å²) in [6.07, 6.45) is -8.01. The number of hydrogen-bond donors (Lipinski definition) is 3. The van der Waals surface area contributed by atoms with Crippen molar-refractivity contribution in [2.24, 2.45) is 0 Å². The molecule has 0 aliphatic carbocycles. The van der Waals surface area contributed by atoms with Crippen LogP contribution in [0.2, 0.25) is 0 Å². The molecule has 0 unspecified atom stereocenters. The Labute approximate surface area is 257 Å². The van der Waals surface area contributed by atoms with Gasteiger partial charge in [0, 0.05) is 23.0 Å². The van der Waals surface area contributed by atoms with Crippen LogP contribution < -0.4 is 25.8 Å². The lowest BCUT2D eigenvalue weighted by molar-refractivity contribution is -0.138. The lowest BCUT2D eigenvalue weighted by atomic mass is 10.1. The molecule has 10 nitrogen and oxygen atoms in total. The fourth-order valence-corrected chi connectivity index (χ4v) is 4.58. The van der Waals surface area contributed by atoms with Crippen LogP contribution in [0.1, 0.15) is 16.8 Å². The lowest BCUT2D eigenvalue weighted by Gasteiger charge is -2.14. The van der Waals surface area contributed by atoms with E-state index in [2.05, 4.69) is 25.7 Å². The zero-order valence-corrected chi connectivity index (χ0v) is 24.1. The topological polar surface area (TPSA) is 129 Å². The number of carbonyl (C=O) groups excluding carboxylic acids is 1. The third-order valence-electron chi connectivity index (χ3n) is 6.70. The molecule has 0 aliphatic rings. The lowest BCUT2D eigenvalue weighted by Crippen LogP contribution is -2.32. The zero-order valence-electron chi connectivity index (χ0n) is 24.1. The molecule has 3 heterocycles. The van der Waals surface area contributed by atoms with Crippen LogP contribution in [0.3, 0.4) is 0 Å². The van der Waals surface area contributed by atoms with Crippen LogP contribution in [0.15, 0.2) is 66.9 Å². The number of fused-ring (bicyclic) bond motifs is 1. The average Bonchev–Trinajstić information content (AvgIpc) is 3.33. The van der Waals surface area contributed by atoms with E-state index in [9.17, 15) is 31.1 Å². The number of pyridine rings is 1. The van der Waals surface area contributed by atoms with E-state index < -0.39 is 35.3 Å². The first-order valence-electron chi connectivity index (χ1n) is 13.5. The molecule has 0 atom stereocenters. The van der Waals surface area contributed by atoms with Gasteiger partial charge in [-0.15, -0.1) is 0 Å². The maximum atomic E-state index is 13.5. The van der Waals surface area contributed by atoms with Crippen molar-refractivity contribution in [3.05, 3.63) is 83.7 Å². The molecule has 16 heteroatoms. The smallest absolute Gasteiger partial charge is 0.419 e. The minimum atomic E-state index is -4.70. The number of urea groups is 1. The third kappa shape index (κ3) is 6.90. The van der Waals surface area contributed by atoms with Crippen molar-refractivity contribution in [1.29, 1.82) is 0 Å². The number of rotatable bonds is 8. The van der Waals surface area contributed by atoms with Crippen molar-refractivity contribution in [3.63, 3.8) is 0 Å². The van der Waals surface area contributed by atoms with Gasteiger partial charge >= 0.3 is 18.4 Å². The summed E-state index contributed by atoms with van der Waals surface area (Å²) in [4.78, 5) is 20.3. The number of methoxy groups -OCH3 is 1. The van der Waals surface area contributed by atoms with E-state index in [1.54, 1.807) is 37.3 Å². The van der Waals surface area contributed by atoms with Gasteiger partial charge in [-0.05, 0) is 61.5 Å². The highest BCUT2D eigenvalue weighted by Gasteiger charge is 2.34. The quantitative estimate of drug-likeness (QED) is 0.128. The first kappa shape index (κ1) is 31.9. The van der Waals surface area contributed by atoms with Gasteiger partial charge in [0.15, 0.2) is 17.1 Å². The summed E-state index contributed by atoms with van der Waals surface area (Å²) < 4.78 is 91.8. The number of carbonyl (C=O) groups is 1. The van der Waals surface area contributed by atoms with Crippen molar-refractivity contribution in [1.82, 2.24) is 24.9 Å². The molecule has 5 rings (SSSR count). The summed E-state index contributed by atoms with van der Waals surface area (Å²) in [7, 11) is 1.42. The predicted octanol–water partition coefficient (Wildman–Crippen LogP) is 6.60. The van der Waals surface area contributed by atoms with Gasteiger partial charge in [0.05, 0.1) is 41.9 Å². The molecule has 3 aromatic heterocycles. The molecule has 2 aromatic carbocycles. The molecule has 0 saturated carbocycles. The van der Waals surface area contributed by atoms with Gasteiger partial charge < -0.3 is 25.8 Å². The highest BCUT2D eigenvalue weighted by Crippen LogP contribution is 2.37. The van der Waals surface area contributed by atoms with E-state index in [0.717, 1.165) is 18.2 Å². The molecule has 46 heavy (non-hydrogen) atoms. The largest absolute Gasteiger partial charge is 0.493 e. The summed E-state index contributed by atoms with van der Waals surface area (Å²) in [5, 5.41) is 9.45. The molecule has 0 saturated heterocycles. The number of halogens is 6. The van der Waals surface area contributed by atoms with Crippen LogP contribution in [0.25, 0.3) is 28.2 Å². The summed E-state index contributed by atoms with van der Waals surface area (Å²) in [5.41, 5.74) is 5.81. The summed E-state index contributed by atoms with van der Waals surface area (Å²) in [5.74, 6) is 0.0200. The average molecular weight is 646 g/mol. The van der Waals surface area contributed by atoms with E-state index in [-0.39, 0.29) is 24.4 Å². The molecule has 0 bridgehead atoms. The Morgan fingerprint density at radius 1 is 0.957 bits per heavy atom. The molecule has 240 valence electrons. The maximum Gasteiger partial charge on any atom is 0.419 e. The van der Waals surface area contributed by atoms with Crippen LogP contribution in [-0.4, -0.2) is 45.9 Å². The van der Waals surface area contributed by atoms with E-state index >= 15 is 0 Å². The number of nitrogen functional groups attached to an aromatic ring is 1. The van der Waals surface area contributed by atoms with Crippen molar-refractivity contribution in [2.45, 2.75) is 19.3 Å². The normalized spacial score (nSPS) is 11.8. The molecule has 4 N–H and O–H groups in total. The monoisotopic (exact) mass is 645 g/mol. The van der Waals surface area contributed by atoms with Gasteiger partial charge in [-0.2, -0.15) is 31.4 Å². The van der Waals surface area contributed by atoms with Gasteiger partial charge in [-0.3, -0.25) is 0 Å². The number of amides is 2. The van der Waals surface area contributed by atoms with Crippen LogP contribution in [-0.2, 0) is 12.4 Å². The van der Waals surface area contributed by atoms with E-state index in [1.807, 2.05) is 0 Å². The van der Waals surface area contributed by atoms with Crippen molar-refractivity contribution in [3.8, 4) is 34.0 Å². The number of ether oxygens (including phenoxy) is 2. The number of anilines is 2. The van der Waals surface area contributed by atoms with E-state index in [1.165, 1.54) is 30.0 Å². The molecule has 0 aliphatic heterocycles. The highest BCUT2D eigenvalue weighted by molar-refractivity contribution is 5.89. The molecular weight excluding hydrogens is 620 g/mol. The van der Waals surface area contributed by atoms with Gasteiger partial charge in [-0.1, -0.05) is 6.07 Å². The summed E-state index contributed by atoms with van der Waals surface area (Å²) in [6, 6.07) is 12.7. The Bertz CT molecular complexity index is 1910. The maximum absolute atomic E-state index is 13.5. The number of nitrogens with two attached hydrogens (primary N) is 1. The number of nitrogens with one attached hydrogen (secondary N) is 2. The predicted molar refractivity (Wildman–Crippen MR) is 156 cm³/mol. The van der Waals surface area contributed by atoms with Crippen LogP contribution in [0.5, 0.6) is 11.5 Å². The standard InChI is InChI=1S/C30H25F6N7O3/c1-16-26(18-12-21(30(34,35)36)27(37)39-15-18)43-25(40-16)9-7-22(42-43)17-6-8-23(24(13-17)45-2)46-11-10-38-28(44)41-20-5-3-4-19(14-20)29(31,32)33/h3-9,12-15H,10-11H2,1-2H3,(H2,37,39)(H2,38,41,44). The van der Waals surface area contributed by atoms with Crippen LogP contribution >= 0.6 is 0 Å². The number of aromatic nitrogens is 4. The highest BCUT2D eigenvalue weighted by atomic mass is 19.4. The Morgan fingerprint density at radius 2 is 1.74 bits per heavy atom. The summed E-state index contributed by atoms with van der Waals surface area (Å²) in [6.45, 7) is 1.67. The fourth-order valence-electron chi connectivity index (χ4n) is 4.58. The number of alkyl halides is 6. The number of hydrogen-bond acceptors (Lipinski definition) is 7. The molecule has 5 aromatic rings. The Hall–Kier alpha value is -5.54. The number of nitrogens with zero attached hydrogens (tertiary/aromatic N) is 4. The SMILES string of the molecule is COc1cc(-c2ccc3nc(C)c(-c4cnc(N)c(C(F)(F)F)c4)n3n2)ccc1OCCNC(=O)Nc1cccc(C(F)(F)F)c1. The van der Waals surface area contributed by atoms with E-state index in [0.29, 0.717) is 39.8 Å². The van der Waals surface area contributed by atoms with Crippen LogP contribution in [0.4, 0.5) is 42.6 Å². The van der Waals surface area contributed by atoms with E-state index in [4.69, 9.17) is 15.2 Å². The molecule has 0 radical (unpaired) electrons. The Morgan fingerprint density at radius 3 is 2.46 bits per heavy atom. The molecule has 0 spiro atoms. The first-order chi connectivity index (χ1) is 21.7. The Balaban J connectivity index is 1.29.